The molecular formula is C43H53F2N3O7. The van der Waals surface area contributed by atoms with E-state index in [1.165, 1.54) is 21.9 Å². The Kier molecular flexibility index (Phi) is 12.1. The van der Waals surface area contributed by atoms with Crippen molar-refractivity contribution in [3.05, 3.63) is 82.4 Å². The molecule has 0 spiro atoms. The third-order valence-electron chi connectivity index (χ3n) is 11.4. The van der Waals surface area contributed by atoms with Gasteiger partial charge in [-0.25, -0.2) is 13.6 Å². The molecule has 12 heteroatoms. The van der Waals surface area contributed by atoms with Crippen LogP contribution in [0.3, 0.4) is 0 Å². The number of benzene rings is 2. The molecule has 1 aliphatic carbocycles. The van der Waals surface area contributed by atoms with Crippen molar-refractivity contribution in [1.82, 2.24) is 15.1 Å². The van der Waals surface area contributed by atoms with Gasteiger partial charge in [-0.15, -0.1) is 0 Å². The lowest BCUT2D eigenvalue weighted by molar-refractivity contribution is -0.159. The van der Waals surface area contributed by atoms with Crippen molar-refractivity contribution in [3.8, 4) is 0 Å². The summed E-state index contributed by atoms with van der Waals surface area (Å²) in [6.45, 7) is 7.44. The zero-order valence-corrected chi connectivity index (χ0v) is 32.3. The Morgan fingerprint density at radius 1 is 1.00 bits per heavy atom. The SMILES string of the molecule is Cc1cccc(F)c1CCNC(=O)C12CC(=O)[C@@H]3CC(OC(=O)N4Cc5cccc(F)c5C4)CN3C(=O)C(CC(=O)OC(C)(C)C)CCCCC/C=C\C1C2. The van der Waals surface area contributed by atoms with E-state index in [0.717, 1.165) is 24.8 Å². The number of hydrogen-bond acceptors (Lipinski definition) is 7. The first-order valence-corrected chi connectivity index (χ1v) is 19.6. The van der Waals surface area contributed by atoms with Crippen molar-refractivity contribution in [2.24, 2.45) is 17.3 Å². The number of nitrogens with one attached hydrogen (secondary N) is 1. The number of carbonyl (C=O) groups is 5. The van der Waals surface area contributed by atoms with E-state index in [1.54, 1.807) is 39.0 Å². The minimum absolute atomic E-state index is 0.0232. The average molecular weight is 762 g/mol. The zero-order valence-electron chi connectivity index (χ0n) is 32.3. The maximum atomic E-state index is 14.5. The van der Waals surface area contributed by atoms with Crippen LogP contribution in [-0.4, -0.2) is 70.3 Å². The largest absolute Gasteiger partial charge is 0.460 e. The monoisotopic (exact) mass is 761 g/mol. The lowest BCUT2D eigenvalue weighted by Crippen LogP contribution is -2.46. The van der Waals surface area contributed by atoms with Gasteiger partial charge in [0.2, 0.25) is 11.8 Å². The first-order chi connectivity index (χ1) is 26.1. The number of fused-ring (bicyclic) bond motifs is 3. The smallest absolute Gasteiger partial charge is 0.410 e. The predicted octanol–water partition coefficient (Wildman–Crippen LogP) is 6.89. The molecule has 1 saturated heterocycles. The van der Waals surface area contributed by atoms with Crippen LogP contribution in [-0.2, 0) is 48.2 Å². The second-order valence-corrected chi connectivity index (χ2v) is 16.7. The summed E-state index contributed by atoms with van der Waals surface area (Å²) >= 11 is 0. The quantitative estimate of drug-likeness (QED) is 0.241. The lowest BCUT2D eigenvalue weighted by Gasteiger charge is -2.29. The number of amides is 3. The predicted molar refractivity (Wildman–Crippen MR) is 200 cm³/mol. The van der Waals surface area contributed by atoms with Crippen molar-refractivity contribution in [2.75, 3.05) is 13.1 Å². The molecule has 3 heterocycles. The highest BCUT2D eigenvalue weighted by Crippen LogP contribution is 2.57. The summed E-state index contributed by atoms with van der Waals surface area (Å²) in [6, 6.07) is 8.55. The number of aryl methyl sites for hydroxylation is 1. The summed E-state index contributed by atoms with van der Waals surface area (Å²) in [7, 11) is 0. The molecule has 10 nitrogen and oxygen atoms in total. The van der Waals surface area contributed by atoms with Gasteiger partial charge in [-0.05, 0) is 94.5 Å². The summed E-state index contributed by atoms with van der Waals surface area (Å²) in [4.78, 5) is 72.2. The maximum Gasteiger partial charge on any atom is 0.410 e. The highest BCUT2D eigenvalue weighted by molar-refractivity contribution is 5.97. The average Bonchev–Trinajstić information content (AvgIpc) is 3.41. The summed E-state index contributed by atoms with van der Waals surface area (Å²) in [5.74, 6) is -3.22. The maximum absolute atomic E-state index is 14.5. The van der Waals surface area contributed by atoms with Crippen LogP contribution in [0.5, 0.6) is 0 Å². The molecule has 0 radical (unpaired) electrons. The topological polar surface area (TPSA) is 122 Å². The summed E-state index contributed by atoms with van der Waals surface area (Å²) in [5.41, 5.74) is 0.635. The number of esters is 1. The van der Waals surface area contributed by atoms with Crippen molar-refractivity contribution < 1.29 is 42.2 Å². The molecule has 4 unspecified atom stereocenters. The van der Waals surface area contributed by atoms with Gasteiger partial charge in [-0.3, -0.25) is 24.1 Å². The van der Waals surface area contributed by atoms with Gasteiger partial charge in [0.05, 0.1) is 31.0 Å². The van der Waals surface area contributed by atoms with Crippen LogP contribution < -0.4 is 5.32 Å². The van der Waals surface area contributed by atoms with Gasteiger partial charge in [0.1, 0.15) is 23.3 Å². The van der Waals surface area contributed by atoms with Crippen LogP contribution in [0.2, 0.25) is 0 Å². The van der Waals surface area contributed by atoms with E-state index in [-0.39, 0.29) is 68.9 Å². The molecule has 6 rings (SSSR count). The summed E-state index contributed by atoms with van der Waals surface area (Å²) < 4.78 is 40.5. The van der Waals surface area contributed by atoms with Crippen LogP contribution >= 0.6 is 0 Å². The standard InChI is InChI=1S/C43H53F2N3O7/c1-27-12-10-16-34(44)32(27)18-19-46-40(52)43-22-30(43)15-9-7-5-6-8-13-28(20-38(50)55-42(2,3)4)39(51)48-25-31(21-36(48)37(49)23-43)54-41(53)47-24-29-14-11-17-35(45)33(29)26-47/h9-12,14-17,28,30-31,36H,5-8,13,18-26H2,1-4H3,(H,46,52)/b15-9-/t28?,30?,31?,36-,43?/m0/s1. The van der Waals surface area contributed by atoms with E-state index in [0.29, 0.717) is 42.4 Å². The Morgan fingerprint density at radius 3 is 2.51 bits per heavy atom. The Morgan fingerprint density at radius 2 is 1.76 bits per heavy atom. The number of carbonyl (C=O) groups excluding carboxylic acids is 5. The molecule has 55 heavy (non-hydrogen) atoms. The zero-order chi connectivity index (χ0) is 39.5. The first kappa shape index (κ1) is 40.1. The molecule has 2 aromatic carbocycles. The van der Waals surface area contributed by atoms with Crippen LogP contribution in [0, 0.1) is 35.8 Å². The minimum Gasteiger partial charge on any atom is -0.460 e. The van der Waals surface area contributed by atoms with Crippen LogP contribution in [0.4, 0.5) is 13.6 Å². The van der Waals surface area contributed by atoms with E-state index in [9.17, 15) is 32.8 Å². The van der Waals surface area contributed by atoms with Gasteiger partial charge in [-0.1, -0.05) is 49.3 Å². The number of allylic oxidation sites excluding steroid dienone is 2. The Bertz CT molecular complexity index is 1820. The van der Waals surface area contributed by atoms with Crippen LogP contribution in [0.1, 0.15) is 101 Å². The molecule has 0 bridgehead atoms. The summed E-state index contributed by atoms with van der Waals surface area (Å²) in [6.07, 6.45) is 6.54. The number of rotatable bonds is 7. The van der Waals surface area contributed by atoms with Gasteiger partial charge in [-0.2, -0.15) is 0 Å². The fourth-order valence-corrected chi connectivity index (χ4v) is 8.40. The fourth-order valence-electron chi connectivity index (χ4n) is 8.40. The Hall–Kier alpha value is -4.61. The van der Waals surface area contributed by atoms with Gasteiger partial charge >= 0.3 is 12.1 Å². The van der Waals surface area contributed by atoms with E-state index < -0.39 is 52.9 Å². The van der Waals surface area contributed by atoms with E-state index in [2.05, 4.69) is 11.4 Å². The normalized spacial score (nSPS) is 26.2. The van der Waals surface area contributed by atoms with Crippen LogP contribution in [0.15, 0.2) is 48.6 Å². The second-order valence-electron chi connectivity index (χ2n) is 16.7. The molecule has 1 N–H and O–H groups in total. The number of ketones is 1. The third kappa shape index (κ3) is 9.44. The van der Waals surface area contributed by atoms with Gasteiger partial charge in [0.25, 0.3) is 0 Å². The Labute approximate surface area is 322 Å². The highest BCUT2D eigenvalue weighted by Gasteiger charge is 2.60. The minimum atomic E-state index is -1.04. The van der Waals surface area contributed by atoms with Gasteiger partial charge in [0.15, 0.2) is 5.78 Å². The molecule has 0 aromatic heterocycles. The molecule has 3 aliphatic heterocycles. The lowest BCUT2D eigenvalue weighted by atomic mass is 9.90. The molecule has 5 atom stereocenters. The molecule has 2 aromatic rings. The number of nitrogens with zero attached hydrogens (tertiary/aromatic N) is 2. The molecule has 1 saturated carbocycles. The fraction of sp³-hybridized carbons (Fsp3) is 0.558. The van der Waals surface area contributed by atoms with Crippen molar-refractivity contribution in [3.63, 3.8) is 0 Å². The summed E-state index contributed by atoms with van der Waals surface area (Å²) in [5, 5.41) is 2.97. The van der Waals surface area contributed by atoms with Gasteiger partial charge < -0.3 is 19.7 Å². The number of ether oxygens (including phenoxy) is 2. The van der Waals surface area contributed by atoms with Gasteiger partial charge in [0, 0.05) is 37.4 Å². The van der Waals surface area contributed by atoms with Crippen molar-refractivity contribution in [1.29, 1.82) is 0 Å². The number of Topliss-reactive ketones (excluding diaryl/α,β-unsaturated/α-hetero) is 1. The highest BCUT2D eigenvalue weighted by atomic mass is 19.1. The second kappa shape index (κ2) is 16.6. The molecule has 4 aliphatic rings. The number of halogens is 2. The van der Waals surface area contributed by atoms with E-state index in [4.69, 9.17) is 9.47 Å². The molecule has 2 fully saturated rings. The van der Waals surface area contributed by atoms with Crippen molar-refractivity contribution >= 4 is 29.7 Å². The Balaban J connectivity index is 1.22. The van der Waals surface area contributed by atoms with Crippen molar-refractivity contribution in [2.45, 2.75) is 123 Å². The third-order valence-corrected chi connectivity index (χ3v) is 11.4. The molecule has 296 valence electrons. The van der Waals surface area contributed by atoms with E-state index >= 15 is 0 Å². The first-order valence-electron chi connectivity index (χ1n) is 19.6. The molecule has 3 amide bonds. The van der Waals surface area contributed by atoms with Crippen LogP contribution in [0.25, 0.3) is 0 Å². The number of hydrogen-bond donors (Lipinski definition) is 1. The molecular weight excluding hydrogens is 708 g/mol. The van der Waals surface area contributed by atoms with E-state index in [1.807, 2.05) is 19.1 Å².